The fourth-order valence-electron chi connectivity index (χ4n) is 2.77. The van der Waals surface area contributed by atoms with Crippen LogP contribution in [0.2, 0.25) is 5.02 Å². The molecule has 2 unspecified atom stereocenters. The second kappa shape index (κ2) is 6.46. The van der Waals surface area contributed by atoms with Gasteiger partial charge in [-0.05, 0) is 43.5 Å². The average molecular weight is 296 g/mol. The summed E-state index contributed by atoms with van der Waals surface area (Å²) in [7, 11) is 3.50. The number of nitrogens with two attached hydrogens (primary N) is 1. The minimum atomic E-state index is -0.0218. The van der Waals surface area contributed by atoms with E-state index in [2.05, 4.69) is 5.32 Å². The number of nitrogens with zero attached hydrogens (tertiary/aromatic N) is 1. The van der Waals surface area contributed by atoms with Gasteiger partial charge in [-0.15, -0.1) is 0 Å². The van der Waals surface area contributed by atoms with Crippen LogP contribution in [0.5, 0.6) is 0 Å². The third kappa shape index (κ3) is 3.25. The molecule has 0 aromatic heterocycles. The number of carbonyl (C=O) groups excluding carboxylic acids is 1. The van der Waals surface area contributed by atoms with Crippen LogP contribution >= 0.6 is 11.6 Å². The monoisotopic (exact) mass is 295 g/mol. The van der Waals surface area contributed by atoms with Gasteiger partial charge in [-0.3, -0.25) is 4.79 Å². The van der Waals surface area contributed by atoms with Gasteiger partial charge in [0.05, 0.1) is 5.56 Å². The summed E-state index contributed by atoms with van der Waals surface area (Å²) >= 11 is 6.07. The first kappa shape index (κ1) is 15.1. The number of carbonyl (C=O) groups is 1. The highest BCUT2D eigenvalue weighted by molar-refractivity contribution is 6.31. The van der Waals surface area contributed by atoms with E-state index in [1.165, 1.54) is 6.42 Å². The molecule has 1 aromatic carbocycles. The van der Waals surface area contributed by atoms with Gasteiger partial charge in [-0.1, -0.05) is 18.0 Å². The number of hydrogen-bond donors (Lipinski definition) is 2. The van der Waals surface area contributed by atoms with Crippen LogP contribution in [0, 0.1) is 5.92 Å². The number of hydrogen-bond acceptors (Lipinski definition) is 3. The molecule has 1 aromatic rings. The molecule has 5 heteroatoms. The molecule has 2 atom stereocenters. The highest BCUT2D eigenvalue weighted by Crippen LogP contribution is 2.30. The summed E-state index contributed by atoms with van der Waals surface area (Å²) < 4.78 is 0. The third-order valence-corrected chi connectivity index (χ3v) is 4.16. The maximum Gasteiger partial charge on any atom is 0.255 e. The lowest BCUT2D eigenvalue weighted by molar-refractivity contribution is 0.0828. The van der Waals surface area contributed by atoms with E-state index in [0.717, 1.165) is 18.5 Å². The van der Waals surface area contributed by atoms with E-state index in [9.17, 15) is 4.79 Å². The first-order chi connectivity index (χ1) is 9.52. The van der Waals surface area contributed by atoms with Crippen molar-refractivity contribution in [2.24, 2.45) is 11.7 Å². The number of benzene rings is 1. The van der Waals surface area contributed by atoms with Crippen LogP contribution < -0.4 is 11.1 Å². The van der Waals surface area contributed by atoms with Crippen LogP contribution in [-0.4, -0.2) is 37.5 Å². The smallest absolute Gasteiger partial charge is 0.255 e. The minimum absolute atomic E-state index is 0.0218. The first-order valence-corrected chi connectivity index (χ1v) is 7.38. The number of rotatable bonds is 4. The molecule has 1 aliphatic carbocycles. The van der Waals surface area contributed by atoms with E-state index >= 15 is 0 Å². The molecule has 0 aliphatic heterocycles. The molecule has 0 bridgehead atoms. The standard InChI is InChI=1S/C15H22ClN3O/c1-19(2)15(20)12-7-6-11(16)8-14(12)18-13-5-3-4-10(13)9-17/h6-8,10,13,18H,3-5,9,17H2,1-2H3. The average Bonchev–Trinajstić information content (AvgIpc) is 2.85. The molecule has 2 rings (SSSR count). The third-order valence-electron chi connectivity index (χ3n) is 3.92. The Kier molecular flexibility index (Phi) is 4.89. The minimum Gasteiger partial charge on any atom is -0.381 e. The molecule has 20 heavy (non-hydrogen) atoms. The van der Waals surface area contributed by atoms with E-state index in [0.29, 0.717) is 29.1 Å². The fraction of sp³-hybridized carbons (Fsp3) is 0.533. The number of anilines is 1. The van der Waals surface area contributed by atoms with Crippen molar-refractivity contribution in [2.75, 3.05) is 26.0 Å². The maximum absolute atomic E-state index is 12.2. The van der Waals surface area contributed by atoms with Crippen LogP contribution in [0.25, 0.3) is 0 Å². The topological polar surface area (TPSA) is 58.4 Å². The van der Waals surface area contributed by atoms with Crippen molar-refractivity contribution in [1.82, 2.24) is 4.90 Å². The summed E-state index contributed by atoms with van der Waals surface area (Å²) in [6, 6.07) is 5.68. The molecule has 0 saturated heterocycles. The van der Waals surface area contributed by atoms with Crippen molar-refractivity contribution in [3.8, 4) is 0 Å². The van der Waals surface area contributed by atoms with Gasteiger partial charge in [0, 0.05) is 30.8 Å². The van der Waals surface area contributed by atoms with Crippen LogP contribution in [0.15, 0.2) is 18.2 Å². The van der Waals surface area contributed by atoms with Gasteiger partial charge >= 0.3 is 0 Å². The summed E-state index contributed by atoms with van der Waals surface area (Å²) in [6.45, 7) is 0.676. The Morgan fingerprint density at radius 3 is 2.85 bits per heavy atom. The Hall–Kier alpha value is -1.26. The number of nitrogens with one attached hydrogen (secondary N) is 1. The van der Waals surface area contributed by atoms with E-state index in [1.807, 2.05) is 6.07 Å². The van der Waals surface area contributed by atoms with Gasteiger partial charge < -0.3 is 16.0 Å². The Morgan fingerprint density at radius 1 is 1.45 bits per heavy atom. The summed E-state index contributed by atoms with van der Waals surface area (Å²) in [4.78, 5) is 13.8. The molecular weight excluding hydrogens is 274 g/mol. The quantitative estimate of drug-likeness (QED) is 0.897. The summed E-state index contributed by atoms with van der Waals surface area (Å²) in [5.41, 5.74) is 7.27. The highest BCUT2D eigenvalue weighted by Gasteiger charge is 2.27. The SMILES string of the molecule is CN(C)C(=O)c1ccc(Cl)cc1NC1CCCC1CN. The Balaban J connectivity index is 2.25. The summed E-state index contributed by atoms with van der Waals surface area (Å²) in [5.74, 6) is 0.447. The van der Waals surface area contributed by atoms with E-state index < -0.39 is 0 Å². The Labute approximate surface area is 125 Å². The Bertz CT molecular complexity index is 490. The van der Waals surface area contributed by atoms with E-state index in [-0.39, 0.29) is 5.91 Å². The predicted molar refractivity (Wildman–Crippen MR) is 83.3 cm³/mol. The zero-order chi connectivity index (χ0) is 14.7. The molecule has 4 nitrogen and oxygen atoms in total. The Morgan fingerprint density at radius 2 is 2.20 bits per heavy atom. The van der Waals surface area contributed by atoms with Gasteiger partial charge in [0.15, 0.2) is 0 Å². The predicted octanol–water partition coefficient (Wildman–Crippen LogP) is 2.58. The lowest BCUT2D eigenvalue weighted by atomic mass is 10.0. The van der Waals surface area contributed by atoms with Crippen molar-refractivity contribution in [2.45, 2.75) is 25.3 Å². The van der Waals surface area contributed by atoms with Crippen LogP contribution in [0.1, 0.15) is 29.6 Å². The van der Waals surface area contributed by atoms with Crippen molar-refractivity contribution in [3.63, 3.8) is 0 Å². The van der Waals surface area contributed by atoms with Crippen molar-refractivity contribution < 1.29 is 4.79 Å². The summed E-state index contributed by atoms with van der Waals surface area (Å²) in [6.07, 6.45) is 3.41. The molecule has 1 saturated carbocycles. The molecule has 1 fully saturated rings. The second-order valence-corrected chi connectivity index (χ2v) is 6.00. The molecule has 0 heterocycles. The second-order valence-electron chi connectivity index (χ2n) is 5.57. The normalized spacial score (nSPS) is 21.8. The van der Waals surface area contributed by atoms with E-state index in [4.69, 9.17) is 17.3 Å². The van der Waals surface area contributed by atoms with Gasteiger partial charge in [-0.25, -0.2) is 0 Å². The van der Waals surface area contributed by atoms with Crippen molar-refractivity contribution >= 4 is 23.2 Å². The van der Waals surface area contributed by atoms with Crippen molar-refractivity contribution in [3.05, 3.63) is 28.8 Å². The fourth-order valence-corrected chi connectivity index (χ4v) is 2.94. The molecular formula is C15H22ClN3O. The molecule has 3 N–H and O–H groups in total. The number of halogens is 1. The van der Waals surface area contributed by atoms with Gasteiger partial charge in [-0.2, -0.15) is 0 Å². The van der Waals surface area contributed by atoms with Crippen LogP contribution in [0.3, 0.4) is 0 Å². The zero-order valence-corrected chi connectivity index (χ0v) is 12.8. The van der Waals surface area contributed by atoms with E-state index in [1.54, 1.807) is 31.1 Å². The first-order valence-electron chi connectivity index (χ1n) is 7.00. The molecule has 1 amide bonds. The lowest BCUT2D eigenvalue weighted by Crippen LogP contribution is -2.31. The largest absolute Gasteiger partial charge is 0.381 e. The molecule has 0 radical (unpaired) electrons. The molecule has 0 spiro atoms. The molecule has 110 valence electrons. The van der Waals surface area contributed by atoms with Gasteiger partial charge in [0.2, 0.25) is 0 Å². The van der Waals surface area contributed by atoms with Crippen LogP contribution in [0.4, 0.5) is 5.69 Å². The lowest BCUT2D eigenvalue weighted by Gasteiger charge is -2.23. The maximum atomic E-state index is 12.2. The number of amides is 1. The van der Waals surface area contributed by atoms with Crippen LogP contribution in [-0.2, 0) is 0 Å². The van der Waals surface area contributed by atoms with Gasteiger partial charge in [0.1, 0.15) is 0 Å². The van der Waals surface area contributed by atoms with Gasteiger partial charge in [0.25, 0.3) is 5.91 Å². The zero-order valence-electron chi connectivity index (χ0n) is 12.0. The molecule has 1 aliphatic rings. The summed E-state index contributed by atoms with van der Waals surface area (Å²) in [5, 5.41) is 4.10. The van der Waals surface area contributed by atoms with Crippen molar-refractivity contribution in [1.29, 1.82) is 0 Å². The highest BCUT2D eigenvalue weighted by atomic mass is 35.5.